The first-order chi connectivity index (χ1) is 11.0. The van der Waals surface area contributed by atoms with Crippen LogP contribution in [0.5, 0.6) is 5.75 Å². The molecule has 0 fully saturated rings. The summed E-state index contributed by atoms with van der Waals surface area (Å²) in [6.45, 7) is 2.36. The van der Waals surface area contributed by atoms with Crippen molar-refractivity contribution < 1.29 is 9.84 Å². The highest BCUT2D eigenvalue weighted by atomic mass is 16.5. The largest absolute Gasteiger partial charge is 0.494 e. The molecule has 124 valence electrons. The Bertz CT molecular complexity index is 558. The average molecular weight is 313 g/mol. The minimum atomic E-state index is -1.07. The van der Waals surface area contributed by atoms with Gasteiger partial charge in [-0.3, -0.25) is 0 Å². The minimum Gasteiger partial charge on any atom is -0.494 e. The Hall–Kier alpha value is -1.84. The van der Waals surface area contributed by atoms with E-state index in [9.17, 15) is 5.11 Å². The molecule has 3 N–H and O–H groups in total. The second kappa shape index (κ2) is 8.70. The summed E-state index contributed by atoms with van der Waals surface area (Å²) in [5, 5.41) is 9.50. The van der Waals surface area contributed by atoms with Gasteiger partial charge in [0, 0.05) is 0 Å². The molecular formula is C20H27NO2. The fraction of sp³-hybridized carbons (Fsp3) is 0.400. The van der Waals surface area contributed by atoms with Crippen LogP contribution < -0.4 is 10.5 Å². The Kier molecular flexibility index (Phi) is 6.63. The fourth-order valence-corrected chi connectivity index (χ4v) is 2.51. The molecular weight excluding hydrogens is 286 g/mol. The molecule has 0 aliphatic carbocycles. The molecule has 1 unspecified atom stereocenters. The molecule has 2 aromatic carbocycles. The van der Waals surface area contributed by atoms with Gasteiger partial charge >= 0.3 is 0 Å². The zero-order valence-electron chi connectivity index (χ0n) is 13.9. The normalized spacial score (nSPS) is 13.5. The van der Waals surface area contributed by atoms with E-state index in [0.29, 0.717) is 6.42 Å². The predicted molar refractivity (Wildman–Crippen MR) is 94.4 cm³/mol. The van der Waals surface area contributed by atoms with Crippen molar-refractivity contribution in [3.05, 3.63) is 65.7 Å². The number of nitrogens with two attached hydrogens (primary N) is 1. The van der Waals surface area contributed by atoms with Gasteiger partial charge in [0.15, 0.2) is 0 Å². The summed E-state index contributed by atoms with van der Waals surface area (Å²) in [6.07, 6.45) is 4.45. The molecule has 0 aliphatic rings. The molecule has 0 aliphatic heterocycles. The lowest BCUT2D eigenvalue weighted by Gasteiger charge is -2.16. The van der Waals surface area contributed by atoms with E-state index >= 15 is 0 Å². The lowest BCUT2D eigenvalue weighted by molar-refractivity contribution is 0.0559. The number of ether oxygens (including phenoxy) is 1. The zero-order chi connectivity index (χ0) is 16.5. The van der Waals surface area contributed by atoms with Crippen molar-refractivity contribution in [1.82, 2.24) is 0 Å². The highest BCUT2D eigenvalue weighted by Crippen LogP contribution is 2.16. The van der Waals surface area contributed by atoms with E-state index in [1.807, 2.05) is 18.2 Å². The van der Waals surface area contributed by atoms with E-state index in [1.54, 1.807) is 6.92 Å². The average Bonchev–Trinajstić information content (AvgIpc) is 2.53. The van der Waals surface area contributed by atoms with Gasteiger partial charge in [-0.25, -0.2) is 0 Å². The van der Waals surface area contributed by atoms with Gasteiger partial charge in [-0.15, -0.1) is 0 Å². The van der Waals surface area contributed by atoms with Gasteiger partial charge < -0.3 is 15.6 Å². The SMILES string of the molecule is CC(N)(O)CCCc1ccc(OCCCc2ccccc2)cc1. The molecule has 0 bridgehead atoms. The maximum absolute atomic E-state index is 9.50. The summed E-state index contributed by atoms with van der Waals surface area (Å²) in [5.41, 5.74) is 7.09. The zero-order valence-corrected chi connectivity index (χ0v) is 13.9. The molecule has 0 aromatic heterocycles. The molecule has 23 heavy (non-hydrogen) atoms. The van der Waals surface area contributed by atoms with Crippen LogP contribution in [0.15, 0.2) is 54.6 Å². The van der Waals surface area contributed by atoms with Crippen LogP contribution in [0.25, 0.3) is 0 Å². The van der Waals surface area contributed by atoms with E-state index in [2.05, 4.69) is 36.4 Å². The van der Waals surface area contributed by atoms with Crippen LogP contribution in [0.3, 0.4) is 0 Å². The molecule has 3 heteroatoms. The Morgan fingerprint density at radius 3 is 2.17 bits per heavy atom. The fourth-order valence-electron chi connectivity index (χ4n) is 2.51. The monoisotopic (exact) mass is 313 g/mol. The van der Waals surface area contributed by atoms with Crippen LogP contribution in [0.4, 0.5) is 0 Å². The van der Waals surface area contributed by atoms with Gasteiger partial charge in [0.25, 0.3) is 0 Å². The summed E-state index contributed by atoms with van der Waals surface area (Å²) in [7, 11) is 0. The molecule has 1 atom stereocenters. The summed E-state index contributed by atoms with van der Waals surface area (Å²) in [6, 6.07) is 18.7. The van der Waals surface area contributed by atoms with Gasteiger partial charge in [-0.2, -0.15) is 0 Å². The van der Waals surface area contributed by atoms with E-state index in [4.69, 9.17) is 10.5 Å². The third-order valence-electron chi connectivity index (χ3n) is 3.79. The molecule has 2 aromatic rings. The predicted octanol–water partition coefficient (Wildman–Crippen LogP) is 3.69. The van der Waals surface area contributed by atoms with Crippen molar-refractivity contribution in [2.24, 2.45) is 5.73 Å². The summed E-state index contributed by atoms with van der Waals surface area (Å²) in [4.78, 5) is 0. The first-order valence-electron chi connectivity index (χ1n) is 8.30. The quantitative estimate of drug-likeness (QED) is 0.548. The van der Waals surface area contributed by atoms with Gasteiger partial charge in [0.2, 0.25) is 0 Å². The highest BCUT2D eigenvalue weighted by molar-refractivity contribution is 5.27. The molecule has 0 saturated heterocycles. The molecule has 0 amide bonds. The first kappa shape index (κ1) is 17.5. The maximum Gasteiger partial charge on any atom is 0.119 e. The Morgan fingerprint density at radius 2 is 1.52 bits per heavy atom. The number of rotatable bonds is 9. The Balaban J connectivity index is 1.66. The molecule has 3 nitrogen and oxygen atoms in total. The molecule has 0 saturated carbocycles. The Morgan fingerprint density at radius 1 is 0.913 bits per heavy atom. The molecule has 0 heterocycles. The van der Waals surface area contributed by atoms with Gasteiger partial charge in [0.05, 0.1) is 6.61 Å². The van der Waals surface area contributed by atoms with E-state index in [0.717, 1.165) is 38.0 Å². The van der Waals surface area contributed by atoms with Crippen LogP contribution in [0.1, 0.15) is 37.3 Å². The smallest absolute Gasteiger partial charge is 0.119 e. The number of benzene rings is 2. The third kappa shape index (κ3) is 7.31. The van der Waals surface area contributed by atoms with E-state index in [1.165, 1.54) is 11.1 Å². The molecule has 0 spiro atoms. The molecule has 0 radical (unpaired) electrons. The molecule has 2 rings (SSSR count). The number of aliphatic hydroxyl groups is 1. The van der Waals surface area contributed by atoms with Gasteiger partial charge in [0.1, 0.15) is 11.5 Å². The second-order valence-corrected chi connectivity index (χ2v) is 6.29. The standard InChI is InChI=1S/C20H27NO2/c1-20(21,22)15-5-9-18-11-13-19(14-12-18)23-16-6-10-17-7-3-2-4-8-17/h2-4,7-8,11-14,22H,5-6,9-10,15-16,21H2,1H3. The van der Waals surface area contributed by atoms with Crippen LogP contribution in [-0.4, -0.2) is 17.4 Å². The van der Waals surface area contributed by atoms with Gasteiger partial charge in [-0.05, 0) is 62.3 Å². The maximum atomic E-state index is 9.50. The van der Waals surface area contributed by atoms with Crippen LogP contribution in [0.2, 0.25) is 0 Å². The van der Waals surface area contributed by atoms with E-state index < -0.39 is 5.72 Å². The highest BCUT2D eigenvalue weighted by Gasteiger charge is 2.11. The lowest BCUT2D eigenvalue weighted by atomic mass is 10.0. The lowest BCUT2D eigenvalue weighted by Crippen LogP contribution is -2.35. The summed E-state index contributed by atoms with van der Waals surface area (Å²) >= 11 is 0. The van der Waals surface area contributed by atoms with Crippen molar-refractivity contribution in [3.8, 4) is 5.75 Å². The number of aryl methyl sites for hydroxylation is 2. The van der Waals surface area contributed by atoms with Crippen molar-refractivity contribution in [3.63, 3.8) is 0 Å². The van der Waals surface area contributed by atoms with Crippen LogP contribution in [0, 0.1) is 0 Å². The topological polar surface area (TPSA) is 55.5 Å². The minimum absolute atomic E-state index is 0.602. The number of hydrogen-bond donors (Lipinski definition) is 2. The summed E-state index contributed by atoms with van der Waals surface area (Å²) in [5.74, 6) is 0.910. The number of hydrogen-bond acceptors (Lipinski definition) is 3. The third-order valence-corrected chi connectivity index (χ3v) is 3.79. The van der Waals surface area contributed by atoms with E-state index in [-0.39, 0.29) is 0 Å². The Labute approximate surface area is 139 Å². The first-order valence-corrected chi connectivity index (χ1v) is 8.30. The van der Waals surface area contributed by atoms with Crippen molar-refractivity contribution in [2.75, 3.05) is 6.61 Å². The van der Waals surface area contributed by atoms with Crippen LogP contribution >= 0.6 is 0 Å². The van der Waals surface area contributed by atoms with Crippen molar-refractivity contribution >= 4 is 0 Å². The summed E-state index contributed by atoms with van der Waals surface area (Å²) < 4.78 is 5.78. The van der Waals surface area contributed by atoms with Crippen molar-refractivity contribution in [1.29, 1.82) is 0 Å². The van der Waals surface area contributed by atoms with Crippen LogP contribution in [-0.2, 0) is 12.8 Å². The van der Waals surface area contributed by atoms with Gasteiger partial charge in [-0.1, -0.05) is 42.5 Å². The second-order valence-electron chi connectivity index (χ2n) is 6.29. The van der Waals surface area contributed by atoms with Crippen molar-refractivity contribution in [2.45, 2.75) is 44.8 Å².